The molecular weight excluding hydrogens is 368 g/mol. The van der Waals surface area contributed by atoms with Gasteiger partial charge in [-0.3, -0.25) is 14.4 Å². The van der Waals surface area contributed by atoms with E-state index in [2.05, 4.69) is 5.32 Å². The molecule has 0 saturated heterocycles. The van der Waals surface area contributed by atoms with Crippen molar-refractivity contribution in [2.45, 2.75) is 6.54 Å². The van der Waals surface area contributed by atoms with Gasteiger partial charge in [0.05, 0.1) is 23.9 Å². The number of hydrogen-bond donors (Lipinski definition) is 1. The summed E-state index contributed by atoms with van der Waals surface area (Å²) in [7, 11) is 1.58. The van der Waals surface area contributed by atoms with Gasteiger partial charge in [-0.25, -0.2) is 4.90 Å². The minimum Gasteiger partial charge on any atom is -0.496 e. The predicted molar refractivity (Wildman–Crippen MR) is 108 cm³/mol. The summed E-state index contributed by atoms with van der Waals surface area (Å²) in [6.45, 7) is 0.322. The molecular formula is C23H18N2O4. The van der Waals surface area contributed by atoms with Crippen LogP contribution in [-0.4, -0.2) is 24.8 Å². The number of rotatable bonds is 5. The Labute approximate surface area is 167 Å². The second-order valence-corrected chi connectivity index (χ2v) is 6.53. The Bertz CT molecular complexity index is 1070. The van der Waals surface area contributed by atoms with Crippen LogP contribution in [0.4, 0.5) is 5.69 Å². The molecule has 0 aliphatic carbocycles. The van der Waals surface area contributed by atoms with Crippen LogP contribution in [0.3, 0.4) is 0 Å². The standard InChI is InChI=1S/C23H18N2O4/c1-29-20-9-5-2-6-16(20)14-24-21(26)15-10-12-17(13-11-15)25-22(27)18-7-3-4-8-19(18)23(25)28/h2-13H,14H2,1H3,(H,24,26). The van der Waals surface area contributed by atoms with Crippen LogP contribution in [0.2, 0.25) is 0 Å². The molecule has 6 nitrogen and oxygen atoms in total. The van der Waals surface area contributed by atoms with Crippen molar-refractivity contribution >= 4 is 23.4 Å². The minimum absolute atomic E-state index is 0.259. The first-order valence-electron chi connectivity index (χ1n) is 9.08. The number of imide groups is 1. The average Bonchev–Trinajstić information content (AvgIpc) is 3.03. The van der Waals surface area contributed by atoms with Crippen molar-refractivity contribution in [1.82, 2.24) is 5.32 Å². The Balaban J connectivity index is 1.48. The van der Waals surface area contributed by atoms with E-state index in [1.165, 1.54) is 0 Å². The summed E-state index contributed by atoms with van der Waals surface area (Å²) < 4.78 is 5.28. The second kappa shape index (κ2) is 7.59. The van der Waals surface area contributed by atoms with E-state index in [1.807, 2.05) is 24.3 Å². The molecule has 6 heteroatoms. The fourth-order valence-corrected chi connectivity index (χ4v) is 3.31. The van der Waals surface area contributed by atoms with Gasteiger partial charge in [-0.2, -0.15) is 0 Å². The van der Waals surface area contributed by atoms with Crippen molar-refractivity contribution in [3.05, 3.63) is 95.1 Å². The van der Waals surface area contributed by atoms with Crippen molar-refractivity contribution in [3.63, 3.8) is 0 Å². The van der Waals surface area contributed by atoms with Crippen molar-refractivity contribution in [2.75, 3.05) is 12.0 Å². The highest BCUT2D eigenvalue weighted by atomic mass is 16.5. The van der Waals surface area contributed by atoms with Gasteiger partial charge in [0.25, 0.3) is 17.7 Å². The summed E-state index contributed by atoms with van der Waals surface area (Å²) >= 11 is 0. The number of carbonyl (C=O) groups excluding carboxylic acids is 3. The highest BCUT2D eigenvalue weighted by Crippen LogP contribution is 2.28. The SMILES string of the molecule is COc1ccccc1CNC(=O)c1ccc(N2C(=O)c3ccccc3C2=O)cc1. The molecule has 4 rings (SSSR count). The molecule has 0 bridgehead atoms. The van der Waals surface area contributed by atoms with Crippen LogP contribution in [0.25, 0.3) is 0 Å². The van der Waals surface area contributed by atoms with Crippen LogP contribution >= 0.6 is 0 Å². The predicted octanol–water partition coefficient (Wildman–Crippen LogP) is 3.43. The molecule has 1 aliphatic rings. The highest BCUT2D eigenvalue weighted by Gasteiger charge is 2.36. The number of nitrogens with zero attached hydrogens (tertiary/aromatic N) is 1. The number of fused-ring (bicyclic) bond motifs is 1. The summed E-state index contributed by atoms with van der Waals surface area (Å²) in [4.78, 5) is 38.7. The number of amides is 3. The molecule has 0 spiro atoms. The van der Waals surface area contributed by atoms with E-state index in [-0.39, 0.29) is 17.7 Å². The Hall–Kier alpha value is -3.93. The summed E-state index contributed by atoms with van der Waals surface area (Å²) in [6.07, 6.45) is 0. The van der Waals surface area contributed by atoms with E-state index in [0.717, 1.165) is 10.5 Å². The lowest BCUT2D eigenvalue weighted by molar-refractivity contribution is 0.0923. The van der Waals surface area contributed by atoms with Crippen molar-refractivity contribution in [3.8, 4) is 5.75 Å². The molecule has 3 aromatic rings. The molecule has 0 atom stereocenters. The Morgan fingerprint density at radius 1 is 0.862 bits per heavy atom. The number of hydrogen-bond acceptors (Lipinski definition) is 4. The molecule has 0 unspecified atom stereocenters. The Kier molecular flexibility index (Phi) is 4.83. The van der Waals surface area contributed by atoms with Crippen LogP contribution in [0, 0.1) is 0 Å². The zero-order chi connectivity index (χ0) is 20.4. The first-order chi connectivity index (χ1) is 14.1. The third-order valence-corrected chi connectivity index (χ3v) is 4.81. The van der Waals surface area contributed by atoms with Gasteiger partial charge in [-0.15, -0.1) is 0 Å². The van der Waals surface area contributed by atoms with Crippen molar-refractivity contribution in [1.29, 1.82) is 0 Å². The van der Waals surface area contributed by atoms with Crippen LogP contribution in [0.1, 0.15) is 36.6 Å². The average molecular weight is 386 g/mol. The second-order valence-electron chi connectivity index (χ2n) is 6.53. The molecule has 0 saturated carbocycles. The zero-order valence-corrected chi connectivity index (χ0v) is 15.7. The third kappa shape index (κ3) is 3.36. The normalized spacial score (nSPS) is 12.7. The van der Waals surface area contributed by atoms with Gasteiger partial charge in [0.1, 0.15) is 5.75 Å². The molecule has 1 aliphatic heterocycles. The Morgan fingerprint density at radius 2 is 1.45 bits per heavy atom. The minimum atomic E-state index is -0.362. The van der Waals surface area contributed by atoms with E-state index >= 15 is 0 Å². The number of nitrogens with one attached hydrogen (secondary N) is 1. The smallest absolute Gasteiger partial charge is 0.266 e. The first kappa shape index (κ1) is 18.4. The maximum Gasteiger partial charge on any atom is 0.266 e. The Morgan fingerprint density at radius 3 is 2.07 bits per heavy atom. The first-order valence-corrected chi connectivity index (χ1v) is 9.08. The maximum atomic E-state index is 12.6. The highest BCUT2D eigenvalue weighted by molar-refractivity contribution is 6.34. The maximum absolute atomic E-state index is 12.6. The van der Waals surface area contributed by atoms with Gasteiger partial charge in [-0.1, -0.05) is 30.3 Å². The van der Waals surface area contributed by atoms with E-state index in [0.29, 0.717) is 34.7 Å². The lowest BCUT2D eigenvalue weighted by atomic mass is 10.1. The van der Waals surface area contributed by atoms with Gasteiger partial charge in [0.2, 0.25) is 0 Å². The largest absolute Gasteiger partial charge is 0.496 e. The molecule has 3 aromatic carbocycles. The van der Waals surface area contributed by atoms with Crippen LogP contribution in [-0.2, 0) is 6.54 Å². The van der Waals surface area contributed by atoms with Crippen LogP contribution in [0.15, 0.2) is 72.8 Å². The topological polar surface area (TPSA) is 75.7 Å². The zero-order valence-electron chi connectivity index (χ0n) is 15.7. The molecule has 144 valence electrons. The molecule has 29 heavy (non-hydrogen) atoms. The molecule has 1 N–H and O–H groups in total. The molecule has 0 radical (unpaired) electrons. The number of benzene rings is 3. The van der Waals surface area contributed by atoms with Crippen molar-refractivity contribution in [2.24, 2.45) is 0 Å². The quantitative estimate of drug-likeness (QED) is 0.682. The fourth-order valence-electron chi connectivity index (χ4n) is 3.31. The van der Waals surface area contributed by atoms with Gasteiger partial charge < -0.3 is 10.1 Å². The van der Waals surface area contributed by atoms with Gasteiger partial charge in [0, 0.05) is 17.7 Å². The molecule has 1 heterocycles. The van der Waals surface area contributed by atoms with E-state index < -0.39 is 0 Å². The molecule has 0 fully saturated rings. The van der Waals surface area contributed by atoms with E-state index in [4.69, 9.17) is 4.74 Å². The number of ether oxygens (including phenoxy) is 1. The molecule has 3 amide bonds. The van der Waals surface area contributed by atoms with Gasteiger partial charge >= 0.3 is 0 Å². The summed E-state index contributed by atoms with van der Waals surface area (Å²) in [5, 5.41) is 2.84. The molecule has 0 aromatic heterocycles. The monoisotopic (exact) mass is 386 g/mol. The van der Waals surface area contributed by atoms with Gasteiger partial charge in [0.15, 0.2) is 0 Å². The summed E-state index contributed by atoms with van der Waals surface area (Å²) in [6, 6.07) is 20.5. The number of methoxy groups -OCH3 is 1. The van der Waals surface area contributed by atoms with E-state index in [1.54, 1.807) is 55.6 Å². The lowest BCUT2D eigenvalue weighted by Crippen LogP contribution is -2.29. The third-order valence-electron chi connectivity index (χ3n) is 4.81. The number of anilines is 1. The van der Waals surface area contributed by atoms with Crippen molar-refractivity contribution < 1.29 is 19.1 Å². The van der Waals surface area contributed by atoms with Crippen LogP contribution in [0.5, 0.6) is 5.75 Å². The number of carbonyl (C=O) groups is 3. The number of para-hydroxylation sites is 1. The van der Waals surface area contributed by atoms with Crippen LogP contribution < -0.4 is 15.0 Å². The van der Waals surface area contributed by atoms with Gasteiger partial charge in [-0.05, 0) is 42.5 Å². The van der Waals surface area contributed by atoms with E-state index in [9.17, 15) is 14.4 Å². The summed E-state index contributed by atoms with van der Waals surface area (Å²) in [5.41, 5.74) is 2.50. The lowest BCUT2D eigenvalue weighted by Gasteiger charge is -2.14. The fraction of sp³-hybridized carbons (Fsp3) is 0.0870. The summed E-state index contributed by atoms with van der Waals surface area (Å²) in [5.74, 6) is -0.281.